The number of hydrogen-bond donors (Lipinski definition) is 1. The predicted molar refractivity (Wildman–Crippen MR) is 68.0 cm³/mol. The summed E-state index contributed by atoms with van der Waals surface area (Å²) in [4.78, 5) is 8.24. The lowest BCUT2D eigenvalue weighted by Gasteiger charge is -2.08. The molecule has 0 aliphatic rings. The van der Waals surface area contributed by atoms with Crippen LogP contribution in [0.1, 0.15) is 43.1 Å². The summed E-state index contributed by atoms with van der Waals surface area (Å²) in [5.41, 5.74) is 1.83. The molecule has 0 aromatic carbocycles. The van der Waals surface area contributed by atoms with Crippen molar-refractivity contribution < 1.29 is 5.11 Å². The highest BCUT2D eigenvalue weighted by Gasteiger charge is 2.13. The van der Waals surface area contributed by atoms with E-state index in [9.17, 15) is 5.11 Å². The molecule has 0 fully saturated rings. The van der Waals surface area contributed by atoms with Gasteiger partial charge >= 0.3 is 0 Å². The topological polar surface area (TPSA) is 63.8 Å². The van der Waals surface area contributed by atoms with Gasteiger partial charge in [-0.15, -0.1) is 0 Å². The van der Waals surface area contributed by atoms with Crippen LogP contribution in [0.25, 0.3) is 0 Å². The fourth-order valence-electron chi connectivity index (χ4n) is 1.64. The lowest BCUT2D eigenvalue weighted by Crippen LogP contribution is -2.08. The quantitative estimate of drug-likeness (QED) is 0.894. The van der Waals surface area contributed by atoms with E-state index in [2.05, 4.69) is 28.9 Å². The summed E-state index contributed by atoms with van der Waals surface area (Å²) in [6.07, 6.45) is 5.06. The van der Waals surface area contributed by atoms with E-state index in [1.165, 1.54) is 0 Å². The van der Waals surface area contributed by atoms with Crippen LogP contribution in [0.2, 0.25) is 0 Å². The molecule has 18 heavy (non-hydrogen) atoms. The molecule has 0 amide bonds. The maximum absolute atomic E-state index is 10.0. The number of aliphatic hydroxyl groups excluding tert-OH is 1. The molecule has 0 bridgehead atoms. The van der Waals surface area contributed by atoms with Crippen LogP contribution in [0.5, 0.6) is 0 Å². The standard InChI is InChI=1S/C13H18N4O/c1-9(2)17-5-4-11(16-17)6-12(18)13-14-7-10(3)8-15-13/h4-5,7-9,12,18H,6H2,1-3H3. The lowest BCUT2D eigenvalue weighted by molar-refractivity contribution is 0.166. The van der Waals surface area contributed by atoms with Gasteiger partial charge in [0.1, 0.15) is 6.10 Å². The van der Waals surface area contributed by atoms with Crippen LogP contribution in [0.15, 0.2) is 24.7 Å². The largest absolute Gasteiger partial charge is 0.385 e. The van der Waals surface area contributed by atoms with E-state index in [0.29, 0.717) is 18.3 Å². The van der Waals surface area contributed by atoms with Gasteiger partial charge < -0.3 is 5.11 Å². The van der Waals surface area contributed by atoms with Gasteiger partial charge in [-0.25, -0.2) is 9.97 Å². The first-order chi connectivity index (χ1) is 8.56. The smallest absolute Gasteiger partial charge is 0.157 e. The Morgan fingerprint density at radius 2 is 1.94 bits per heavy atom. The Morgan fingerprint density at radius 1 is 1.28 bits per heavy atom. The number of rotatable bonds is 4. The van der Waals surface area contributed by atoms with Crippen molar-refractivity contribution in [2.24, 2.45) is 0 Å². The molecule has 0 aliphatic carbocycles. The molecule has 0 spiro atoms. The van der Waals surface area contributed by atoms with E-state index < -0.39 is 6.10 Å². The molecule has 1 N–H and O–H groups in total. The fourth-order valence-corrected chi connectivity index (χ4v) is 1.64. The van der Waals surface area contributed by atoms with Crippen LogP contribution >= 0.6 is 0 Å². The Bertz CT molecular complexity index is 504. The first kappa shape index (κ1) is 12.7. The van der Waals surface area contributed by atoms with E-state index in [1.807, 2.05) is 23.9 Å². The van der Waals surface area contributed by atoms with E-state index in [-0.39, 0.29) is 0 Å². The predicted octanol–water partition coefficient (Wildman–Crippen LogP) is 1.84. The van der Waals surface area contributed by atoms with E-state index >= 15 is 0 Å². The fraction of sp³-hybridized carbons (Fsp3) is 0.462. The molecule has 2 rings (SSSR count). The third kappa shape index (κ3) is 2.92. The van der Waals surface area contributed by atoms with E-state index in [1.54, 1.807) is 12.4 Å². The molecular formula is C13H18N4O. The van der Waals surface area contributed by atoms with Gasteiger partial charge in [-0.05, 0) is 32.4 Å². The summed E-state index contributed by atoms with van der Waals surface area (Å²) in [5, 5.41) is 14.4. The summed E-state index contributed by atoms with van der Waals surface area (Å²) in [5.74, 6) is 0.444. The second kappa shape index (κ2) is 5.27. The highest BCUT2D eigenvalue weighted by Crippen LogP contribution is 2.14. The minimum Gasteiger partial charge on any atom is -0.385 e. The molecule has 0 aliphatic heterocycles. The van der Waals surface area contributed by atoms with Gasteiger partial charge in [0.2, 0.25) is 0 Å². The lowest BCUT2D eigenvalue weighted by atomic mass is 10.2. The van der Waals surface area contributed by atoms with Gasteiger partial charge in [0.25, 0.3) is 0 Å². The zero-order chi connectivity index (χ0) is 13.1. The van der Waals surface area contributed by atoms with Gasteiger partial charge in [-0.3, -0.25) is 4.68 Å². The Labute approximate surface area is 107 Å². The van der Waals surface area contributed by atoms with Crippen molar-refractivity contribution in [1.29, 1.82) is 0 Å². The Kier molecular flexibility index (Phi) is 3.72. The molecule has 96 valence electrons. The maximum Gasteiger partial charge on any atom is 0.157 e. The summed E-state index contributed by atoms with van der Waals surface area (Å²) < 4.78 is 1.87. The number of aromatic nitrogens is 4. The molecule has 2 heterocycles. The number of aliphatic hydroxyl groups is 1. The third-order valence-electron chi connectivity index (χ3n) is 2.69. The van der Waals surface area contributed by atoms with Crippen molar-refractivity contribution in [3.8, 4) is 0 Å². The zero-order valence-electron chi connectivity index (χ0n) is 10.9. The molecule has 5 nitrogen and oxygen atoms in total. The molecule has 0 saturated heterocycles. The van der Waals surface area contributed by atoms with Gasteiger partial charge in [0, 0.05) is 31.1 Å². The summed E-state index contributed by atoms with van der Waals surface area (Å²) >= 11 is 0. The average Bonchev–Trinajstić information content (AvgIpc) is 2.78. The molecule has 1 atom stereocenters. The number of nitrogens with zero attached hydrogens (tertiary/aromatic N) is 4. The van der Waals surface area contributed by atoms with Gasteiger partial charge in [0.05, 0.1) is 5.69 Å². The van der Waals surface area contributed by atoms with Crippen LogP contribution in [0.3, 0.4) is 0 Å². The van der Waals surface area contributed by atoms with Gasteiger partial charge in [-0.1, -0.05) is 0 Å². The molecule has 5 heteroatoms. The average molecular weight is 246 g/mol. The Morgan fingerprint density at radius 3 is 2.50 bits per heavy atom. The molecule has 1 unspecified atom stereocenters. The van der Waals surface area contributed by atoms with Crippen LogP contribution in [0, 0.1) is 6.92 Å². The maximum atomic E-state index is 10.0. The minimum atomic E-state index is -0.707. The van der Waals surface area contributed by atoms with Crippen molar-refractivity contribution in [1.82, 2.24) is 19.7 Å². The van der Waals surface area contributed by atoms with Crippen molar-refractivity contribution >= 4 is 0 Å². The number of aryl methyl sites for hydroxylation is 1. The van der Waals surface area contributed by atoms with Crippen molar-refractivity contribution in [3.05, 3.63) is 41.7 Å². The SMILES string of the molecule is Cc1cnc(C(O)Cc2ccn(C(C)C)n2)nc1. The third-order valence-corrected chi connectivity index (χ3v) is 2.69. The first-order valence-corrected chi connectivity index (χ1v) is 6.07. The zero-order valence-corrected chi connectivity index (χ0v) is 10.9. The molecule has 2 aromatic rings. The van der Waals surface area contributed by atoms with Crippen LogP contribution in [0.4, 0.5) is 0 Å². The summed E-state index contributed by atoms with van der Waals surface area (Å²) in [6.45, 7) is 6.05. The second-order valence-electron chi connectivity index (χ2n) is 4.72. The number of hydrogen-bond acceptors (Lipinski definition) is 4. The molecule has 0 radical (unpaired) electrons. The van der Waals surface area contributed by atoms with Crippen LogP contribution < -0.4 is 0 Å². The molecule has 2 aromatic heterocycles. The second-order valence-corrected chi connectivity index (χ2v) is 4.72. The Balaban J connectivity index is 2.06. The van der Waals surface area contributed by atoms with Crippen molar-refractivity contribution in [2.45, 2.75) is 39.3 Å². The first-order valence-electron chi connectivity index (χ1n) is 6.07. The summed E-state index contributed by atoms with van der Waals surface area (Å²) in [6, 6.07) is 2.24. The van der Waals surface area contributed by atoms with E-state index in [0.717, 1.165) is 11.3 Å². The Hall–Kier alpha value is -1.75. The van der Waals surface area contributed by atoms with Crippen LogP contribution in [-0.4, -0.2) is 24.9 Å². The minimum absolute atomic E-state index is 0.325. The normalized spacial score (nSPS) is 12.9. The molecular weight excluding hydrogens is 228 g/mol. The highest BCUT2D eigenvalue weighted by atomic mass is 16.3. The van der Waals surface area contributed by atoms with E-state index in [4.69, 9.17) is 0 Å². The van der Waals surface area contributed by atoms with Gasteiger partial charge in [-0.2, -0.15) is 5.10 Å². The molecule has 0 saturated carbocycles. The monoisotopic (exact) mass is 246 g/mol. The van der Waals surface area contributed by atoms with Crippen molar-refractivity contribution in [2.75, 3.05) is 0 Å². The van der Waals surface area contributed by atoms with Crippen molar-refractivity contribution in [3.63, 3.8) is 0 Å². The summed E-state index contributed by atoms with van der Waals surface area (Å²) in [7, 11) is 0. The highest BCUT2D eigenvalue weighted by molar-refractivity contribution is 5.07. The van der Waals surface area contributed by atoms with Crippen LogP contribution in [-0.2, 0) is 6.42 Å². The van der Waals surface area contributed by atoms with Gasteiger partial charge in [0.15, 0.2) is 5.82 Å².